The largest absolute Gasteiger partial charge is 0.465 e. The van der Waals surface area contributed by atoms with Gasteiger partial charge >= 0.3 is 5.97 Å². The summed E-state index contributed by atoms with van der Waals surface area (Å²) in [5, 5.41) is 3.89. The van der Waals surface area contributed by atoms with E-state index in [0.29, 0.717) is 12.1 Å². The fourth-order valence-corrected chi connectivity index (χ4v) is 4.26. The number of amides is 1. The molecule has 0 unspecified atom stereocenters. The summed E-state index contributed by atoms with van der Waals surface area (Å²) >= 11 is 0. The summed E-state index contributed by atoms with van der Waals surface area (Å²) in [5.41, 5.74) is 2.53. The second kappa shape index (κ2) is 9.13. The first-order valence-electron chi connectivity index (χ1n) is 10.4. The molecule has 2 aromatic carbocycles. The molecule has 1 N–H and O–H groups in total. The molecule has 1 aromatic heterocycles. The third-order valence-corrected chi connectivity index (χ3v) is 5.77. The van der Waals surface area contributed by atoms with Crippen molar-refractivity contribution in [3.05, 3.63) is 71.9 Å². The average molecular weight is 405 g/mol. The van der Waals surface area contributed by atoms with E-state index >= 15 is 0 Å². The lowest BCUT2D eigenvalue weighted by Crippen LogP contribution is -2.38. The van der Waals surface area contributed by atoms with Crippen LogP contribution >= 0.6 is 0 Å². The second-order valence-electron chi connectivity index (χ2n) is 7.65. The Labute approximate surface area is 176 Å². The number of rotatable bonds is 7. The highest BCUT2D eigenvalue weighted by Crippen LogP contribution is 2.25. The van der Waals surface area contributed by atoms with E-state index < -0.39 is 5.97 Å². The molecule has 1 atom stereocenters. The van der Waals surface area contributed by atoms with Gasteiger partial charge in [-0.25, -0.2) is 4.79 Å². The Bertz CT molecular complexity index is 1020. The number of fused-ring (bicyclic) bond motifs is 1. The topological polar surface area (TPSA) is 63.6 Å². The lowest BCUT2D eigenvalue weighted by molar-refractivity contribution is -0.121. The van der Waals surface area contributed by atoms with E-state index in [2.05, 4.69) is 22.3 Å². The van der Waals surface area contributed by atoms with Gasteiger partial charge in [0, 0.05) is 23.6 Å². The quantitative estimate of drug-likeness (QED) is 0.612. The fourth-order valence-electron chi connectivity index (χ4n) is 4.26. The van der Waals surface area contributed by atoms with Crippen LogP contribution in [0.15, 0.2) is 60.8 Å². The van der Waals surface area contributed by atoms with Gasteiger partial charge < -0.3 is 14.6 Å². The van der Waals surface area contributed by atoms with Crippen LogP contribution in [0.2, 0.25) is 0 Å². The Morgan fingerprint density at radius 1 is 1.03 bits per heavy atom. The number of likely N-dealkylation sites (tertiary alicyclic amines) is 1. The molecular formula is C24H27N3O3. The number of hydrogen-bond acceptors (Lipinski definition) is 4. The second-order valence-corrected chi connectivity index (χ2v) is 7.65. The molecule has 0 spiro atoms. The monoisotopic (exact) mass is 405 g/mol. The van der Waals surface area contributed by atoms with Gasteiger partial charge in [-0.2, -0.15) is 0 Å². The molecule has 1 fully saturated rings. The lowest BCUT2D eigenvalue weighted by Gasteiger charge is -2.28. The summed E-state index contributed by atoms with van der Waals surface area (Å²) in [5.74, 6) is -0.476. The van der Waals surface area contributed by atoms with Crippen LogP contribution in [0.3, 0.4) is 0 Å². The van der Waals surface area contributed by atoms with Crippen molar-refractivity contribution < 1.29 is 14.3 Å². The van der Waals surface area contributed by atoms with E-state index in [4.69, 9.17) is 4.74 Å². The maximum Gasteiger partial charge on any atom is 0.340 e. The molecule has 156 valence electrons. The van der Waals surface area contributed by atoms with Crippen LogP contribution in [-0.4, -0.2) is 48.1 Å². The van der Waals surface area contributed by atoms with Crippen molar-refractivity contribution >= 4 is 22.8 Å². The van der Waals surface area contributed by atoms with Crippen LogP contribution in [0.5, 0.6) is 0 Å². The molecule has 6 nitrogen and oxygen atoms in total. The summed E-state index contributed by atoms with van der Waals surface area (Å²) in [6.45, 7) is 2.82. The number of benzene rings is 2. The van der Waals surface area contributed by atoms with Gasteiger partial charge in [0.1, 0.15) is 6.54 Å². The minimum Gasteiger partial charge on any atom is -0.465 e. The number of aromatic nitrogens is 1. The maximum absolute atomic E-state index is 12.8. The molecule has 3 aromatic rings. The smallest absolute Gasteiger partial charge is 0.340 e. The number of nitrogens with one attached hydrogen (secondary N) is 1. The summed E-state index contributed by atoms with van der Waals surface area (Å²) in [6.07, 6.45) is 4.09. The molecule has 0 aliphatic carbocycles. The molecule has 1 amide bonds. The highest BCUT2D eigenvalue weighted by molar-refractivity contribution is 6.04. The van der Waals surface area contributed by atoms with Crippen molar-refractivity contribution in [2.75, 3.05) is 26.7 Å². The molecule has 0 saturated carbocycles. The molecular weight excluding hydrogens is 378 g/mol. The predicted molar refractivity (Wildman–Crippen MR) is 116 cm³/mol. The summed E-state index contributed by atoms with van der Waals surface area (Å²) in [6, 6.07) is 18.1. The highest BCUT2D eigenvalue weighted by atomic mass is 16.5. The van der Waals surface area contributed by atoms with Gasteiger partial charge in [0.15, 0.2) is 0 Å². The summed E-state index contributed by atoms with van der Waals surface area (Å²) in [4.78, 5) is 27.3. The molecule has 0 radical (unpaired) electrons. The van der Waals surface area contributed by atoms with Crippen molar-refractivity contribution in [2.45, 2.75) is 25.4 Å². The number of methoxy groups -OCH3 is 1. The van der Waals surface area contributed by atoms with E-state index in [9.17, 15) is 9.59 Å². The van der Waals surface area contributed by atoms with Crippen LogP contribution in [0.4, 0.5) is 0 Å². The van der Waals surface area contributed by atoms with Gasteiger partial charge in [-0.3, -0.25) is 9.69 Å². The minimum absolute atomic E-state index is 0.0766. The van der Waals surface area contributed by atoms with Gasteiger partial charge in [-0.15, -0.1) is 0 Å². The van der Waals surface area contributed by atoms with Gasteiger partial charge in [-0.05, 0) is 37.6 Å². The zero-order chi connectivity index (χ0) is 20.9. The molecule has 2 heterocycles. The first-order chi connectivity index (χ1) is 14.7. The number of carbonyl (C=O) groups is 2. The molecule has 4 rings (SSSR count). The Morgan fingerprint density at radius 2 is 1.73 bits per heavy atom. The van der Waals surface area contributed by atoms with E-state index in [-0.39, 0.29) is 18.5 Å². The zero-order valence-corrected chi connectivity index (χ0v) is 17.2. The molecule has 0 bridgehead atoms. The number of ether oxygens (including phenoxy) is 1. The predicted octanol–water partition coefficient (Wildman–Crippen LogP) is 3.38. The van der Waals surface area contributed by atoms with Crippen LogP contribution in [0.1, 0.15) is 34.8 Å². The number of para-hydroxylation sites is 1. The van der Waals surface area contributed by atoms with E-state index in [0.717, 1.165) is 24.0 Å². The van der Waals surface area contributed by atoms with E-state index in [1.54, 1.807) is 6.20 Å². The van der Waals surface area contributed by atoms with E-state index in [1.807, 2.05) is 47.0 Å². The van der Waals surface area contributed by atoms with Crippen LogP contribution in [0, 0.1) is 0 Å². The normalized spacial score (nSPS) is 15.2. The first-order valence-corrected chi connectivity index (χ1v) is 10.4. The maximum atomic E-state index is 12.8. The van der Waals surface area contributed by atoms with Crippen molar-refractivity contribution in [1.29, 1.82) is 0 Å². The third kappa shape index (κ3) is 4.24. The van der Waals surface area contributed by atoms with Crippen LogP contribution in [-0.2, 0) is 16.1 Å². The van der Waals surface area contributed by atoms with Gasteiger partial charge in [0.2, 0.25) is 5.91 Å². The highest BCUT2D eigenvalue weighted by Gasteiger charge is 2.24. The lowest BCUT2D eigenvalue weighted by atomic mass is 10.1. The van der Waals surface area contributed by atoms with Crippen molar-refractivity contribution in [3.8, 4) is 0 Å². The van der Waals surface area contributed by atoms with Gasteiger partial charge in [0.25, 0.3) is 0 Å². The third-order valence-electron chi connectivity index (χ3n) is 5.77. The summed E-state index contributed by atoms with van der Waals surface area (Å²) in [7, 11) is 1.36. The molecule has 30 heavy (non-hydrogen) atoms. The number of carbonyl (C=O) groups excluding carboxylic acids is 2. The first kappa shape index (κ1) is 20.2. The van der Waals surface area contributed by atoms with E-state index in [1.165, 1.54) is 25.5 Å². The Morgan fingerprint density at radius 3 is 2.47 bits per heavy atom. The van der Waals surface area contributed by atoms with Crippen molar-refractivity contribution in [2.24, 2.45) is 0 Å². The standard InChI is InChI=1S/C24H27N3O3/c1-30-24(29)20-16-27(21-12-6-5-11-19(20)21)17-23(28)25-15-22(26-13-7-8-14-26)18-9-3-2-4-10-18/h2-6,9-12,16,22H,7-8,13-15,17H2,1H3,(H,25,28)/t22-/m0/s1. The zero-order valence-electron chi connectivity index (χ0n) is 17.2. The van der Waals surface area contributed by atoms with Gasteiger partial charge in [-0.1, -0.05) is 48.5 Å². The minimum atomic E-state index is -0.400. The fraction of sp³-hybridized carbons (Fsp3) is 0.333. The number of hydrogen-bond donors (Lipinski definition) is 1. The molecule has 1 aliphatic heterocycles. The van der Waals surface area contributed by atoms with Crippen molar-refractivity contribution in [1.82, 2.24) is 14.8 Å². The van der Waals surface area contributed by atoms with Crippen LogP contribution < -0.4 is 5.32 Å². The Balaban J connectivity index is 1.48. The van der Waals surface area contributed by atoms with Crippen molar-refractivity contribution in [3.63, 3.8) is 0 Å². The Hall–Kier alpha value is -3.12. The SMILES string of the molecule is COC(=O)c1cn(CC(=O)NC[C@@H](c2ccccc2)N2CCCC2)c2ccccc12. The van der Waals surface area contributed by atoms with Crippen LogP contribution in [0.25, 0.3) is 10.9 Å². The Kier molecular flexibility index (Phi) is 6.14. The molecule has 1 saturated heterocycles. The number of esters is 1. The molecule has 1 aliphatic rings. The average Bonchev–Trinajstić information content (AvgIpc) is 3.43. The summed E-state index contributed by atoms with van der Waals surface area (Å²) < 4.78 is 6.70. The van der Waals surface area contributed by atoms with Gasteiger partial charge in [0.05, 0.1) is 18.7 Å². The number of nitrogens with zero attached hydrogens (tertiary/aromatic N) is 2. The molecule has 6 heteroatoms.